The fourth-order valence-corrected chi connectivity index (χ4v) is 3.63. The van der Waals surface area contributed by atoms with Crippen molar-refractivity contribution in [2.24, 2.45) is 0 Å². The number of carbonyl (C=O) groups excluding carboxylic acids is 1. The van der Waals surface area contributed by atoms with E-state index >= 15 is 0 Å². The number of hydrogen-bond donors (Lipinski definition) is 2. The van der Waals surface area contributed by atoms with Crippen LogP contribution < -0.4 is 10.0 Å². The monoisotopic (exact) mass is 393 g/mol. The van der Waals surface area contributed by atoms with E-state index < -0.39 is 22.0 Å². The third-order valence-electron chi connectivity index (χ3n) is 3.65. The number of fused-ring (bicyclic) bond motifs is 1. The molecule has 0 bridgehead atoms. The van der Waals surface area contributed by atoms with E-state index in [2.05, 4.69) is 20.2 Å². The largest absolute Gasteiger partial charge is 0.347 e. The molecule has 26 heavy (non-hydrogen) atoms. The van der Waals surface area contributed by atoms with Crippen LogP contribution in [0.25, 0.3) is 5.65 Å². The van der Waals surface area contributed by atoms with E-state index in [0.29, 0.717) is 16.5 Å². The molecule has 2 aromatic heterocycles. The Bertz CT molecular complexity index is 1030. The number of nitrogens with zero attached hydrogens (tertiary/aromatic N) is 3. The molecule has 0 spiro atoms. The van der Waals surface area contributed by atoms with Crippen LogP contribution in [0.2, 0.25) is 5.02 Å². The van der Waals surface area contributed by atoms with Crippen molar-refractivity contribution in [1.29, 1.82) is 0 Å². The lowest BCUT2D eigenvalue weighted by Gasteiger charge is -2.14. The van der Waals surface area contributed by atoms with Gasteiger partial charge in [-0.2, -0.15) is 4.72 Å². The first-order chi connectivity index (χ1) is 12.4. The molecule has 3 rings (SSSR count). The molecular weight excluding hydrogens is 378 g/mol. The molecule has 3 aromatic rings. The second-order valence-electron chi connectivity index (χ2n) is 5.56. The number of amides is 1. The average Bonchev–Trinajstić information content (AvgIpc) is 3.03. The summed E-state index contributed by atoms with van der Waals surface area (Å²) in [6.07, 6.45) is 1.78. The highest BCUT2D eigenvalue weighted by atomic mass is 35.5. The summed E-state index contributed by atoms with van der Waals surface area (Å²) >= 11 is 5.76. The maximum Gasteiger partial charge on any atom is 0.241 e. The number of nitrogens with one attached hydrogen (secondary N) is 2. The van der Waals surface area contributed by atoms with Gasteiger partial charge in [-0.05, 0) is 43.3 Å². The minimum absolute atomic E-state index is 0.0324. The molecule has 2 N–H and O–H groups in total. The third-order valence-corrected chi connectivity index (χ3v) is 5.46. The van der Waals surface area contributed by atoms with Gasteiger partial charge in [0.05, 0.1) is 17.5 Å². The van der Waals surface area contributed by atoms with E-state index in [0.717, 1.165) is 0 Å². The quantitative estimate of drug-likeness (QED) is 0.658. The second kappa shape index (κ2) is 7.40. The molecule has 10 heteroatoms. The van der Waals surface area contributed by atoms with Crippen LogP contribution in [0.5, 0.6) is 0 Å². The summed E-state index contributed by atoms with van der Waals surface area (Å²) < 4.78 is 28.7. The van der Waals surface area contributed by atoms with Gasteiger partial charge in [0.15, 0.2) is 11.5 Å². The second-order valence-corrected chi connectivity index (χ2v) is 7.71. The van der Waals surface area contributed by atoms with E-state index in [9.17, 15) is 13.2 Å². The Morgan fingerprint density at radius 3 is 2.65 bits per heavy atom. The normalized spacial score (nSPS) is 12.8. The van der Waals surface area contributed by atoms with Crippen molar-refractivity contribution in [3.05, 3.63) is 59.5 Å². The van der Waals surface area contributed by atoms with Crippen molar-refractivity contribution < 1.29 is 13.2 Å². The Hall–Kier alpha value is -2.49. The lowest BCUT2D eigenvalue weighted by atomic mass is 10.3. The summed E-state index contributed by atoms with van der Waals surface area (Å²) in [6, 6.07) is 10.2. The molecule has 1 atom stereocenters. The predicted octanol–water partition coefficient (Wildman–Crippen LogP) is 1.37. The van der Waals surface area contributed by atoms with Crippen molar-refractivity contribution in [1.82, 2.24) is 24.6 Å². The van der Waals surface area contributed by atoms with Gasteiger partial charge >= 0.3 is 0 Å². The molecule has 136 valence electrons. The van der Waals surface area contributed by atoms with Gasteiger partial charge in [0.1, 0.15) is 0 Å². The Labute approximate surface area is 155 Å². The van der Waals surface area contributed by atoms with Crippen LogP contribution in [-0.2, 0) is 21.4 Å². The summed E-state index contributed by atoms with van der Waals surface area (Å²) in [6.45, 7) is 1.59. The van der Waals surface area contributed by atoms with Gasteiger partial charge in [0, 0.05) is 11.2 Å². The van der Waals surface area contributed by atoms with Crippen molar-refractivity contribution in [3.63, 3.8) is 0 Å². The van der Waals surface area contributed by atoms with E-state index in [4.69, 9.17) is 11.6 Å². The fourth-order valence-electron chi connectivity index (χ4n) is 2.30. The maximum atomic E-state index is 12.3. The molecular formula is C16H16ClN5O3S. The highest BCUT2D eigenvalue weighted by molar-refractivity contribution is 7.89. The van der Waals surface area contributed by atoms with Crippen LogP contribution in [0.3, 0.4) is 0 Å². The van der Waals surface area contributed by atoms with Gasteiger partial charge in [-0.25, -0.2) is 8.42 Å². The standard InChI is InChI=1S/C16H16ClN5O3S/c1-11(21-26(24,25)13-7-5-12(17)6-8-13)16(23)18-10-15-20-19-14-4-2-3-9-22(14)15/h2-9,11,21H,10H2,1H3,(H,18,23)/t11-/m0/s1. The summed E-state index contributed by atoms with van der Waals surface area (Å²) in [5, 5.41) is 11.1. The molecule has 0 aliphatic heterocycles. The molecule has 8 nitrogen and oxygen atoms in total. The molecule has 0 saturated heterocycles. The van der Waals surface area contributed by atoms with Crippen molar-refractivity contribution >= 4 is 33.2 Å². The zero-order valence-electron chi connectivity index (χ0n) is 13.8. The Morgan fingerprint density at radius 2 is 1.92 bits per heavy atom. The number of sulfonamides is 1. The zero-order valence-corrected chi connectivity index (χ0v) is 15.3. The lowest BCUT2D eigenvalue weighted by molar-refractivity contribution is -0.122. The molecule has 0 saturated carbocycles. The van der Waals surface area contributed by atoms with Gasteiger partial charge in [-0.15, -0.1) is 10.2 Å². The number of benzene rings is 1. The van der Waals surface area contributed by atoms with Gasteiger partial charge < -0.3 is 5.32 Å². The summed E-state index contributed by atoms with van der Waals surface area (Å²) in [5.74, 6) is 0.0666. The minimum Gasteiger partial charge on any atom is -0.347 e. The Balaban J connectivity index is 1.63. The molecule has 1 aromatic carbocycles. The Morgan fingerprint density at radius 1 is 1.19 bits per heavy atom. The Kier molecular flexibility index (Phi) is 5.21. The average molecular weight is 394 g/mol. The molecule has 1 amide bonds. The molecule has 2 heterocycles. The van der Waals surface area contributed by atoms with Crippen LogP contribution in [-0.4, -0.2) is 35.0 Å². The fraction of sp³-hybridized carbons (Fsp3) is 0.188. The van der Waals surface area contributed by atoms with E-state index in [-0.39, 0.29) is 11.4 Å². The first-order valence-electron chi connectivity index (χ1n) is 7.71. The minimum atomic E-state index is -3.83. The third kappa shape index (κ3) is 4.01. The highest BCUT2D eigenvalue weighted by Crippen LogP contribution is 2.14. The maximum absolute atomic E-state index is 12.3. The summed E-state index contributed by atoms with van der Waals surface area (Å²) in [5.41, 5.74) is 0.660. The number of rotatable bonds is 6. The van der Waals surface area contributed by atoms with E-state index in [1.165, 1.54) is 31.2 Å². The zero-order chi connectivity index (χ0) is 18.7. The van der Waals surface area contributed by atoms with Crippen LogP contribution in [0, 0.1) is 0 Å². The molecule has 0 unspecified atom stereocenters. The van der Waals surface area contributed by atoms with Crippen LogP contribution in [0.1, 0.15) is 12.7 Å². The number of aromatic nitrogens is 3. The first kappa shape index (κ1) is 18.3. The van der Waals surface area contributed by atoms with Crippen LogP contribution in [0.4, 0.5) is 0 Å². The van der Waals surface area contributed by atoms with Gasteiger partial charge in [-0.1, -0.05) is 17.7 Å². The summed E-state index contributed by atoms with van der Waals surface area (Å²) in [4.78, 5) is 12.3. The van der Waals surface area contributed by atoms with Gasteiger partial charge in [0.25, 0.3) is 0 Å². The predicted molar refractivity (Wildman–Crippen MR) is 96.1 cm³/mol. The number of carbonyl (C=O) groups is 1. The SMILES string of the molecule is C[C@H](NS(=O)(=O)c1ccc(Cl)cc1)C(=O)NCc1nnc2ccccn12. The summed E-state index contributed by atoms with van der Waals surface area (Å²) in [7, 11) is -3.83. The van der Waals surface area contributed by atoms with Crippen molar-refractivity contribution in [3.8, 4) is 0 Å². The molecule has 0 fully saturated rings. The topological polar surface area (TPSA) is 105 Å². The van der Waals surface area contributed by atoms with Crippen LogP contribution in [0.15, 0.2) is 53.6 Å². The number of pyridine rings is 1. The van der Waals surface area contributed by atoms with E-state index in [1.807, 2.05) is 12.1 Å². The van der Waals surface area contributed by atoms with Crippen molar-refractivity contribution in [2.45, 2.75) is 24.4 Å². The van der Waals surface area contributed by atoms with Crippen LogP contribution >= 0.6 is 11.6 Å². The number of halogens is 1. The molecule has 0 radical (unpaired) electrons. The molecule has 0 aliphatic rings. The first-order valence-corrected chi connectivity index (χ1v) is 9.57. The smallest absolute Gasteiger partial charge is 0.241 e. The van der Waals surface area contributed by atoms with Gasteiger partial charge in [0.2, 0.25) is 15.9 Å². The van der Waals surface area contributed by atoms with E-state index in [1.54, 1.807) is 16.7 Å². The number of hydrogen-bond acceptors (Lipinski definition) is 5. The lowest BCUT2D eigenvalue weighted by Crippen LogP contribution is -2.44. The molecule has 0 aliphatic carbocycles. The van der Waals surface area contributed by atoms with Gasteiger partial charge in [-0.3, -0.25) is 9.20 Å². The van der Waals surface area contributed by atoms with Crippen molar-refractivity contribution in [2.75, 3.05) is 0 Å². The highest BCUT2D eigenvalue weighted by Gasteiger charge is 2.22.